The largest absolute Gasteiger partial charge is 0.413 e. The van der Waals surface area contributed by atoms with Gasteiger partial charge in [-0.3, -0.25) is 0 Å². The van der Waals surface area contributed by atoms with Crippen molar-refractivity contribution in [3.63, 3.8) is 0 Å². The zero-order valence-electron chi connectivity index (χ0n) is 29.9. The summed E-state index contributed by atoms with van der Waals surface area (Å²) in [7, 11) is -2.55. The fourth-order valence-corrected chi connectivity index (χ4v) is 9.04. The minimum absolute atomic E-state index is 0.00539. The minimum Gasteiger partial charge on any atom is -0.413 e. The van der Waals surface area contributed by atoms with Gasteiger partial charge in [0.2, 0.25) is 0 Å². The number of rotatable bonds is 16. The van der Waals surface area contributed by atoms with E-state index in [1.165, 1.54) is 32.7 Å². The second kappa shape index (κ2) is 16.5. The molecule has 2 rings (SSSR count). The molecule has 2 unspecified atom stereocenters. The molecule has 0 amide bonds. The van der Waals surface area contributed by atoms with E-state index in [0.29, 0.717) is 0 Å². The third kappa shape index (κ3) is 11.7. The number of aryl methyl sites for hydroxylation is 2. The molecule has 43 heavy (non-hydrogen) atoms. The summed E-state index contributed by atoms with van der Waals surface area (Å²) in [6, 6.07) is 9.53. The van der Waals surface area contributed by atoms with Crippen LogP contribution >= 0.6 is 11.3 Å². The normalized spacial score (nSPS) is 15.0. The minimum atomic E-state index is -1.28. The summed E-state index contributed by atoms with van der Waals surface area (Å²) in [5.41, 5.74) is 6.25. The Kier molecular flexibility index (Phi) is 14.7. The fourth-order valence-electron chi connectivity index (χ4n) is 5.78. The van der Waals surface area contributed by atoms with Gasteiger partial charge in [-0.05, 0) is 121 Å². The molecule has 0 fully saturated rings. The molecule has 0 aliphatic carbocycles. The van der Waals surface area contributed by atoms with Crippen molar-refractivity contribution in [2.45, 2.75) is 151 Å². The van der Waals surface area contributed by atoms with Gasteiger partial charge >= 0.3 is 0 Å². The SMILES string of the molecule is CC/C(=C\CCC(O)(CC)CC)c1cc(CCc2ccc(C(O[SiH](C)C)C(C)(C)C)c(C(O[SiH](C)C)C(C)(C)C)c2)cs1. The molecule has 0 saturated carbocycles. The van der Waals surface area contributed by atoms with Gasteiger partial charge in [0.1, 0.15) is 0 Å². The lowest BCUT2D eigenvalue weighted by Gasteiger charge is -2.39. The second-order valence-corrected chi connectivity index (χ2v) is 20.8. The maximum Gasteiger partial charge on any atom is 0.171 e. The predicted molar refractivity (Wildman–Crippen MR) is 196 cm³/mol. The number of hydrogen-bond donors (Lipinski definition) is 1. The van der Waals surface area contributed by atoms with Crippen LogP contribution in [0, 0.1) is 10.8 Å². The average Bonchev–Trinajstić information content (AvgIpc) is 3.39. The first-order valence-corrected chi connectivity index (χ1v) is 23.3. The van der Waals surface area contributed by atoms with Gasteiger partial charge in [0.15, 0.2) is 18.1 Å². The van der Waals surface area contributed by atoms with Crippen LogP contribution in [-0.4, -0.2) is 28.8 Å². The van der Waals surface area contributed by atoms with Gasteiger partial charge in [-0.25, -0.2) is 0 Å². The Hall–Kier alpha value is -1.03. The van der Waals surface area contributed by atoms with Gasteiger partial charge in [-0.15, -0.1) is 11.3 Å². The molecule has 1 N–H and O–H groups in total. The Balaban J connectivity index is 2.38. The molecule has 2 atom stereocenters. The van der Waals surface area contributed by atoms with Crippen molar-refractivity contribution in [2.24, 2.45) is 10.8 Å². The Labute approximate surface area is 273 Å². The first kappa shape index (κ1) is 38.2. The molecular weight excluding hydrogens is 581 g/mol. The summed E-state index contributed by atoms with van der Waals surface area (Å²) in [6.07, 6.45) is 8.89. The van der Waals surface area contributed by atoms with E-state index in [-0.39, 0.29) is 23.0 Å². The molecule has 3 nitrogen and oxygen atoms in total. The number of benzene rings is 1. The van der Waals surface area contributed by atoms with E-state index in [4.69, 9.17) is 8.85 Å². The van der Waals surface area contributed by atoms with Crippen LogP contribution < -0.4 is 0 Å². The summed E-state index contributed by atoms with van der Waals surface area (Å²) in [6.45, 7) is 29.4. The topological polar surface area (TPSA) is 38.7 Å². The Morgan fingerprint density at radius 2 is 1.35 bits per heavy atom. The average molecular weight is 645 g/mol. The van der Waals surface area contributed by atoms with Crippen LogP contribution in [0.1, 0.15) is 134 Å². The van der Waals surface area contributed by atoms with Crippen LogP contribution in [0.5, 0.6) is 0 Å². The maximum absolute atomic E-state index is 10.7. The van der Waals surface area contributed by atoms with Crippen LogP contribution in [0.3, 0.4) is 0 Å². The number of allylic oxidation sites excluding steroid dienone is 2. The van der Waals surface area contributed by atoms with Crippen molar-refractivity contribution >= 4 is 35.0 Å². The number of aliphatic hydroxyl groups is 1. The van der Waals surface area contributed by atoms with Crippen molar-refractivity contribution in [1.29, 1.82) is 0 Å². The lowest BCUT2D eigenvalue weighted by Crippen LogP contribution is -2.31. The van der Waals surface area contributed by atoms with Crippen molar-refractivity contribution in [3.05, 3.63) is 62.9 Å². The predicted octanol–water partition coefficient (Wildman–Crippen LogP) is 10.8. The van der Waals surface area contributed by atoms with Crippen molar-refractivity contribution in [2.75, 3.05) is 0 Å². The standard InChI is InChI=1S/C37H64O3SSi2/c1-14-29(18-17-23-37(38,15-2)16-3)32-25-28(26-41-32)20-19-27-21-22-30(33(35(4,5)6)39-42(10)11)31(24-27)34(36(7,8)9)40-43(12)13/h18,21-22,24-26,33-34,38,42-43H,14-17,19-20,23H2,1-13H3/b29-18+. The Morgan fingerprint density at radius 1 is 0.814 bits per heavy atom. The van der Waals surface area contributed by atoms with Gasteiger partial charge in [0.05, 0.1) is 17.8 Å². The lowest BCUT2D eigenvalue weighted by molar-refractivity contribution is 0.0246. The van der Waals surface area contributed by atoms with Crippen LogP contribution in [-0.2, 0) is 21.7 Å². The van der Waals surface area contributed by atoms with Gasteiger partial charge in [-0.2, -0.15) is 0 Å². The van der Waals surface area contributed by atoms with E-state index in [1.807, 2.05) is 11.3 Å². The summed E-state index contributed by atoms with van der Waals surface area (Å²) in [5.74, 6) is 0. The third-order valence-corrected chi connectivity index (χ3v) is 11.2. The molecule has 6 heteroatoms. The highest BCUT2D eigenvalue weighted by molar-refractivity contribution is 7.11. The van der Waals surface area contributed by atoms with E-state index in [1.54, 1.807) is 0 Å². The van der Waals surface area contributed by atoms with Crippen LogP contribution in [0.25, 0.3) is 5.57 Å². The monoisotopic (exact) mass is 644 g/mol. The van der Waals surface area contributed by atoms with Gasteiger partial charge in [0, 0.05) is 4.88 Å². The van der Waals surface area contributed by atoms with E-state index in [0.717, 1.165) is 44.9 Å². The van der Waals surface area contributed by atoms with Gasteiger partial charge in [-0.1, -0.05) is 86.6 Å². The first-order chi connectivity index (χ1) is 19.9. The highest BCUT2D eigenvalue weighted by atomic mass is 32.1. The van der Waals surface area contributed by atoms with Crippen molar-refractivity contribution in [1.82, 2.24) is 0 Å². The molecule has 0 aliphatic rings. The highest BCUT2D eigenvalue weighted by Gasteiger charge is 2.36. The summed E-state index contributed by atoms with van der Waals surface area (Å²) in [4.78, 5) is 1.37. The molecule has 1 heterocycles. The van der Waals surface area contributed by atoms with Crippen LogP contribution in [0.15, 0.2) is 35.7 Å². The molecule has 0 saturated heterocycles. The van der Waals surface area contributed by atoms with Crippen molar-refractivity contribution in [3.8, 4) is 0 Å². The van der Waals surface area contributed by atoms with E-state index in [2.05, 4.69) is 124 Å². The number of hydrogen-bond acceptors (Lipinski definition) is 4. The Bertz CT molecular complexity index is 1150. The third-order valence-electron chi connectivity index (χ3n) is 8.48. The summed E-state index contributed by atoms with van der Waals surface area (Å²) < 4.78 is 13.6. The molecule has 0 spiro atoms. The van der Waals surface area contributed by atoms with E-state index < -0.39 is 23.7 Å². The van der Waals surface area contributed by atoms with Crippen LogP contribution in [0.4, 0.5) is 0 Å². The zero-order valence-corrected chi connectivity index (χ0v) is 33.0. The maximum atomic E-state index is 10.7. The van der Waals surface area contributed by atoms with E-state index in [9.17, 15) is 5.11 Å². The molecule has 1 aromatic carbocycles. The molecule has 2 aromatic rings. The number of thiophene rings is 1. The van der Waals surface area contributed by atoms with E-state index >= 15 is 0 Å². The van der Waals surface area contributed by atoms with Gasteiger partial charge in [0.25, 0.3) is 0 Å². The molecule has 0 aliphatic heterocycles. The first-order valence-electron chi connectivity index (χ1n) is 16.9. The Morgan fingerprint density at radius 3 is 1.84 bits per heavy atom. The molecule has 0 bridgehead atoms. The molecule has 244 valence electrons. The smallest absolute Gasteiger partial charge is 0.171 e. The lowest BCUT2D eigenvalue weighted by atomic mass is 9.77. The molecular formula is C37H64O3SSi2. The van der Waals surface area contributed by atoms with Gasteiger partial charge < -0.3 is 14.0 Å². The molecule has 1 aromatic heterocycles. The molecule has 0 radical (unpaired) electrons. The quantitative estimate of drug-likeness (QED) is 0.185. The van der Waals surface area contributed by atoms with Crippen LogP contribution in [0.2, 0.25) is 26.2 Å². The fraction of sp³-hybridized carbons (Fsp3) is 0.676. The summed E-state index contributed by atoms with van der Waals surface area (Å²) >= 11 is 1.86. The second-order valence-electron chi connectivity index (χ2n) is 15.2. The summed E-state index contributed by atoms with van der Waals surface area (Å²) in [5, 5.41) is 13.0. The zero-order chi connectivity index (χ0) is 32.6. The highest BCUT2D eigenvalue weighted by Crippen LogP contribution is 2.45. The van der Waals surface area contributed by atoms with Crippen molar-refractivity contribution < 1.29 is 14.0 Å².